The maximum atomic E-state index is 14.5. The van der Waals surface area contributed by atoms with E-state index in [1.165, 1.54) is 17.8 Å². The zero-order chi connectivity index (χ0) is 17.5. The van der Waals surface area contributed by atoms with Gasteiger partial charge in [0.1, 0.15) is 18.0 Å². The molecule has 0 saturated carbocycles. The number of hydrogen-bond acceptors (Lipinski definition) is 5. The Labute approximate surface area is 150 Å². The van der Waals surface area contributed by atoms with Crippen molar-refractivity contribution < 1.29 is 8.78 Å². The van der Waals surface area contributed by atoms with Crippen molar-refractivity contribution in [3.63, 3.8) is 0 Å². The third-order valence-corrected chi connectivity index (χ3v) is 6.47. The molecule has 0 bridgehead atoms. The van der Waals surface area contributed by atoms with Gasteiger partial charge in [0.05, 0.1) is 16.6 Å². The van der Waals surface area contributed by atoms with Gasteiger partial charge in [0.2, 0.25) is 0 Å². The Hall–Kier alpha value is -1.48. The zero-order valence-corrected chi connectivity index (χ0v) is 15.5. The highest BCUT2D eigenvalue weighted by Crippen LogP contribution is 2.55. The summed E-state index contributed by atoms with van der Waals surface area (Å²) in [5.74, 6) is -0.949. The number of rotatable bonds is 3. The maximum Gasteiger partial charge on any atom is 0.155 e. The fourth-order valence-corrected chi connectivity index (χ4v) is 4.71. The lowest BCUT2D eigenvalue weighted by molar-refractivity contribution is 0.181. The van der Waals surface area contributed by atoms with E-state index in [9.17, 15) is 8.78 Å². The van der Waals surface area contributed by atoms with Crippen LogP contribution in [0.1, 0.15) is 25.1 Å². The summed E-state index contributed by atoms with van der Waals surface area (Å²) < 4.78 is 28.8. The molecule has 0 saturated heterocycles. The lowest BCUT2D eigenvalue weighted by atomic mass is 9.72. The van der Waals surface area contributed by atoms with Crippen LogP contribution in [0.5, 0.6) is 0 Å². The Kier molecular flexibility index (Phi) is 4.41. The van der Waals surface area contributed by atoms with E-state index in [2.05, 4.69) is 36.3 Å². The molecular weight excluding hydrogens is 400 g/mol. The summed E-state index contributed by atoms with van der Waals surface area (Å²) in [6.07, 6.45) is 1.57. The summed E-state index contributed by atoms with van der Waals surface area (Å²) in [6, 6.07) is 4.42. The van der Waals surface area contributed by atoms with Gasteiger partial charge in [-0.05, 0) is 25.1 Å². The van der Waals surface area contributed by atoms with E-state index >= 15 is 0 Å². The molecule has 0 unspecified atom stereocenters. The molecule has 2 aromatic rings. The first-order valence-corrected chi connectivity index (χ1v) is 8.86. The number of aliphatic imine (C=N–C) groups is 1. The minimum atomic E-state index is -1.43. The summed E-state index contributed by atoms with van der Waals surface area (Å²) in [7, 11) is 0. The smallest absolute Gasteiger partial charge is 0.155 e. The van der Waals surface area contributed by atoms with Crippen LogP contribution in [0.3, 0.4) is 0 Å². The Morgan fingerprint density at radius 2 is 2.21 bits per heavy atom. The molecule has 1 aliphatic rings. The number of thioether (sulfide) groups is 1. The molecule has 3 rings (SSSR count). The fourth-order valence-electron chi connectivity index (χ4n) is 3.13. The summed E-state index contributed by atoms with van der Waals surface area (Å²) in [5.41, 5.74) is 5.36. The van der Waals surface area contributed by atoms with Gasteiger partial charge in [0.25, 0.3) is 0 Å². The highest BCUT2D eigenvalue weighted by Gasteiger charge is 2.54. The lowest BCUT2D eigenvalue weighted by Crippen LogP contribution is -2.50. The van der Waals surface area contributed by atoms with Crippen LogP contribution in [0.25, 0.3) is 0 Å². The van der Waals surface area contributed by atoms with Gasteiger partial charge in [0, 0.05) is 16.0 Å². The molecular formula is C15H16BrF2N5S. The number of nitrogens with one attached hydrogen (secondary N) is 1. The van der Waals surface area contributed by atoms with Crippen molar-refractivity contribution in [2.24, 2.45) is 16.6 Å². The van der Waals surface area contributed by atoms with Crippen molar-refractivity contribution in [2.45, 2.75) is 24.1 Å². The molecule has 5 nitrogen and oxygen atoms in total. The van der Waals surface area contributed by atoms with Gasteiger partial charge in [-0.3, -0.25) is 0 Å². The molecule has 0 spiro atoms. The molecule has 9 heteroatoms. The van der Waals surface area contributed by atoms with E-state index in [0.717, 1.165) is 0 Å². The fraction of sp³-hybridized carbons (Fsp3) is 0.400. The van der Waals surface area contributed by atoms with E-state index in [0.29, 0.717) is 10.2 Å². The van der Waals surface area contributed by atoms with Crippen LogP contribution in [-0.2, 0) is 10.3 Å². The first kappa shape index (κ1) is 17.3. The molecule has 24 heavy (non-hydrogen) atoms. The van der Waals surface area contributed by atoms with Crippen LogP contribution < -0.4 is 5.73 Å². The molecule has 0 amide bonds. The molecule has 0 radical (unpaired) electrons. The third-order valence-electron chi connectivity index (χ3n) is 4.69. The van der Waals surface area contributed by atoms with Gasteiger partial charge in [-0.2, -0.15) is 15.4 Å². The van der Waals surface area contributed by atoms with E-state index in [1.807, 2.05) is 13.8 Å². The lowest BCUT2D eigenvalue weighted by Gasteiger charge is -2.46. The highest BCUT2D eigenvalue weighted by atomic mass is 79.9. The first-order valence-electron chi connectivity index (χ1n) is 7.25. The quantitative estimate of drug-likeness (QED) is 0.803. The standard InChI is InChI=1S/C15H16BrF2N5S/c1-8-14(2,12-6-20-23-22-12)24-13(19)21-15(8,7-17)10-5-9(16)3-4-11(10)18/h3-6,8H,7H2,1-2H3,(H2,19,21)(H,20,22,23)/t8-,14+,15+/m1/s1. The molecule has 2 heterocycles. The molecule has 0 aliphatic carbocycles. The van der Waals surface area contributed by atoms with Crippen LogP contribution in [0.2, 0.25) is 0 Å². The Morgan fingerprint density at radius 3 is 2.83 bits per heavy atom. The van der Waals surface area contributed by atoms with Crippen LogP contribution in [0.15, 0.2) is 33.9 Å². The molecule has 0 fully saturated rings. The van der Waals surface area contributed by atoms with Crippen molar-refractivity contribution >= 4 is 32.9 Å². The molecule has 128 valence electrons. The number of aromatic amines is 1. The van der Waals surface area contributed by atoms with Gasteiger partial charge in [0.15, 0.2) is 5.17 Å². The van der Waals surface area contributed by atoms with E-state index in [-0.39, 0.29) is 10.7 Å². The summed E-state index contributed by atoms with van der Waals surface area (Å²) in [4.78, 5) is 4.35. The predicted octanol–water partition coefficient (Wildman–Crippen LogP) is 3.48. The largest absolute Gasteiger partial charge is 0.378 e. The molecule has 1 aliphatic heterocycles. The van der Waals surface area contributed by atoms with Crippen molar-refractivity contribution in [3.05, 3.63) is 45.9 Å². The SMILES string of the molecule is C[C@H]1[C@@](CF)(c2cc(Br)ccc2F)N=C(N)S[C@]1(C)c1cn[nH]n1. The second-order valence-corrected chi connectivity index (χ2v) is 8.30. The van der Waals surface area contributed by atoms with Crippen molar-refractivity contribution in [3.8, 4) is 0 Å². The Bertz CT molecular complexity index is 784. The maximum absolute atomic E-state index is 14.5. The number of amidine groups is 1. The molecule has 1 aromatic heterocycles. The monoisotopic (exact) mass is 415 g/mol. The van der Waals surface area contributed by atoms with E-state index in [1.54, 1.807) is 18.3 Å². The summed E-state index contributed by atoms with van der Waals surface area (Å²) in [6.45, 7) is 2.84. The Morgan fingerprint density at radius 1 is 1.46 bits per heavy atom. The predicted molar refractivity (Wildman–Crippen MR) is 93.9 cm³/mol. The number of nitrogens with two attached hydrogens (primary N) is 1. The highest BCUT2D eigenvalue weighted by molar-refractivity contribution is 9.10. The number of aromatic nitrogens is 3. The molecule has 3 atom stereocenters. The second kappa shape index (κ2) is 6.11. The van der Waals surface area contributed by atoms with E-state index in [4.69, 9.17) is 5.73 Å². The van der Waals surface area contributed by atoms with Crippen LogP contribution in [0, 0.1) is 11.7 Å². The minimum absolute atomic E-state index is 0.171. The normalized spacial score (nSPS) is 30.2. The average Bonchev–Trinajstić information content (AvgIpc) is 3.08. The van der Waals surface area contributed by atoms with Crippen LogP contribution in [-0.4, -0.2) is 27.3 Å². The average molecular weight is 416 g/mol. The first-order chi connectivity index (χ1) is 11.3. The van der Waals surface area contributed by atoms with Gasteiger partial charge in [-0.25, -0.2) is 13.8 Å². The van der Waals surface area contributed by atoms with Gasteiger partial charge in [-0.1, -0.05) is 34.6 Å². The topological polar surface area (TPSA) is 80.0 Å². The number of nitrogens with zero attached hydrogens (tertiary/aromatic N) is 3. The second-order valence-electron chi connectivity index (χ2n) is 5.92. The van der Waals surface area contributed by atoms with Crippen LogP contribution >= 0.6 is 27.7 Å². The summed E-state index contributed by atoms with van der Waals surface area (Å²) >= 11 is 4.60. The molecule has 3 N–H and O–H groups in total. The zero-order valence-electron chi connectivity index (χ0n) is 13.1. The minimum Gasteiger partial charge on any atom is -0.378 e. The third kappa shape index (κ3) is 2.54. The van der Waals surface area contributed by atoms with Gasteiger partial charge < -0.3 is 5.73 Å². The van der Waals surface area contributed by atoms with Crippen LogP contribution in [0.4, 0.5) is 8.78 Å². The summed E-state index contributed by atoms with van der Waals surface area (Å²) in [5, 5.41) is 10.7. The van der Waals surface area contributed by atoms with Crippen molar-refractivity contribution in [1.29, 1.82) is 0 Å². The van der Waals surface area contributed by atoms with Crippen molar-refractivity contribution in [1.82, 2.24) is 15.4 Å². The van der Waals surface area contributed by atoms with Crippen molar-refractivity contribution in [2.75, 3.05) is 6.67 Å². The number of halogens is 3. The van der Waals surface area contributed by atoms with Gasteiger partial charge in [-0.15, -0.1) is 0 Å². The Balaban J connectivity index is 2.23. The van der Waals surface area contributed by atoms with Gasteiger partial charge >= 0.3 is 0 Å². The molecule has 1 aromatic carbocycles. The number of hydrogen-bond donors (Lipinski definition) is 2. The number of H-pyrrole nitrogens is 1. The number of benzene rings is 1. The van der Waals surface area contributed by atoms with E-state index < -0.39 is 28.7 Å². The number of alkyl halides is 1.